The van der Waals surface area contributed by atoms with Crippen molar-refractivity contribution >= 4 is 25.9 Å². The molecule has 0 saturated carbocycles. The van der Waals surface area contributed by atoms with Crippen LogP contribution in [-0.4, -0.2) is 19.9 Å². The molecule has 0 amide bonds. The molecule has 0 aromatic heterocycles. The number of rotatable bonds is 4. The molecular weight excluding hydrogens is 352 g/mol. The van der Waals surface area contributed by atoms with E-state index in [0.717, 1.165) is 13.1 Å². The van der Waals surface area contributed by atoms with E-state index in [1.807, 2.05) is 0 Å². The summed E-state index contributed by atoms with van der Waals surface area (Å²) in [7, 11) is -4.33. The van der Waals surface area contributed by atoms with Gasteiger partial charge < -0.3 is 14.0 Å². The third-order valence-corrected chi connectivity index (χ3v) is 2.72. The van der Waals surface area contributed by atoms with Gasteiger partial charge in [-0.3, -0.25) is 4.21 Å². The van der Waals surface area contributed by atoms with Gasteiger partial charge in [0.1, 0.15) is 0 Å². The van der Waals surface area contributed by atoms with Gasteiger partial charge >= 0.3 is 59.1 Å². The summed E-state index contributed by atoms with van der Waals surface area (Å²) >= 11 is 3.24. The number of hydrogen-bond donors (Lipinski definition) is 0. The van der Waals surface area contributed by atoms with Crippen LogP contribution in [0.15, 0.2) is 60.7 Å². The standard InChI is InChI=1S/C15H17N.2Na.H2O3S2/c1-2-16(15-11-7-4-8-12-15)13-14-9-5-3-6-10-14;;;1-5(2,3)4/h3-12H,2,13H2,1H3;;;(H2,1,2,3,4)/q;2*+1;/p-2. The zero-order chi connectivity index (χ0) is 15.7. The van der Waals surface area contributed by atoms with E-state index in [0.29, 0.717) is 0 Å². The van der Waals surface area contributed by atoms with Gasteiger partial charge in [0, 0.05) is 18.8 Å². The largest absolute Gasteiger partial charge is 1.00 e. The summed E-state index contributed by atoms with van der Waals surface area (Å²) in [6.45, 7) is 4.19. The van der Waals surface area contributed by atoms with E-state index >= 15 is 0 Å². The third kappa shape index (κ3) is 13.5. The van der Waals surface area contributed by atoms with E-state index in [1.165, 1.54) is 11.3 Å². The van der Waals surface area contributed by atoms with Crippen molar-refractivity contribution in [3.63, 3.8) is 0 Å². The monoisotopic (exact) mass is 369 g/mol. The molecule has 0 N–H and O–H groups in total. The van der Waals surface area contributed by atoms with E-state index in [2.05, 4.69) is 83.7 Å². The molecule has 4 nitrogen and oxygen atoms in total. The van der Waals surface area contributed by atoms with Gasteiger partial charge in [-0.2, -0.15) is 0 Å². The summed E-state index contributed by atoms with van der Waals surface area (Å²) in [5.74, 6) is 0. The zero-order valence-corrected chi connectivity index (χ0v) is 19.3. The van der Waals surface area contributed by atoms with Crippen LogP contribution in [0.3, 0.4) is 0 Å². The molecule has 8 heteroatoms. The molecule has 2 aromatic carbocycles. The van der Waals surface area contributed by atoms with Crippen LogP contribution in [0, 0.1) is 0 Å². The van der Waals surface area contributed by atoms with Gasteiger partial charge in [-0.15, -0.1) is 9.05 Å². The molecule has 0 atom stereocenters. The molecule has 0 aliphatic carbocycles. The molecular formula is C15H17NNa2O3S2. The van der Waals surface area contributed by atoms with Gasteiger partial charge in [0.2, 0.25) is 0 Å². The van der Waals surface area contributed by atoms with Gasteiger partial charge in [0.15, 0.2) is 0 Å². The Hall–Kier alpha value is 0.530. The van der Waals surface area contributed by atoms with E-state index in [1.54, 1.807) is 0 Å². The molecule has 23 heavy (non-hydrogen) atoms. The molecule has 0 radical (unpaired) electrons. The molecule has 0 aliphatic heterocycles. The predicted molar refractivity (Wildman–Crippen MR) is 86.7 cm³/mol. The van der Waals surface area contributed by atoms with Gasteiger partial charge in [-0.1, -0.05) is 48.5 Å². The number of benzene rings is 2. The van der Waals surface area contributed by atoms with Crippen molar-refractivity contribution in [2.75, 3.05) is 11.4 Å². The SMILES string of the molecule is CCN(Cc1ccccc1)c1ccccc1.O=S([O-])([O-])=S.[Na+].[Na+]. The Morgan fingerprint density at radius 2 is 1.35 bits per heavy atom. The van der Waals surface area contributed by atoms with Gasteiger partial charge in [-0.05, 0) is 35.8 Å². The smallest absolute Gasteiger partial charge is 0.780 e. The van der Waals surface area contributed by atoms with Crippen LogP contribution in [0.2, 0.25) is 0 Å². The summed E-state index contributed by atoms with van der Waals surface area (Å²) in [6, 6.07) is 21.1. The second kappa shape index (κ2) is 13.8. The van der Waals surface area contributed by atoms with Crippen LogP contribution in [0.4, 0.5) is 5.69 Å². The van der Waals surface area contributed by atoms with Crippen molar-refractivity contribution in [2.24, 2.45) is 0 Å². The fourth-order valence-electron chi connectivity index (χ4n) is 1.83. The Kier molecular flexibility index (Phi) is 15.4. The molecule has 0 spiro atoms. The number of nitrogens with zero attached hydrogens (tertiary/aromatic N) is 1. The Morgan fingerprint density at radius 1 is 0.957 bits per heavy atom. The topological polar surface area (TPSA) is 66.4 Å². The van der Waals surface area contributed by atoms with E-state index in [4.69, 9.17) is 13.3 Å². The van der Waals surface area contributed by atoms with Crippen LogP contribution in [-0.2, 0) is 26.8 Å². The van der Waals surface area contributed by atoms with E-state index in [-0.39, 0.29) is 59.1 Å². The maximum Gasteiger partial charge on any atom is 1.00 e. The Morgan fingerprint density at radius 3 is 1.74 bits per heavy atom. The summed E-state index contributed by atoms with van der Waals surface area (Å²) in [5, 5.41) is 0. The second-order valence-corrected chi connectivity index (χ2v) is 6.28. The molecule has 0 fully saturated rings. The summed E-state index contributed by atoms with van der Waals surface area (Å²) < 4.78 is 26.7. The first kappa shape index (κ1) is 25.8. The molecule has 0 aliphatic rings. The van der Waals surface area contributed by atoms with Gasteiger partial charge in [-0.25, -0.2) is 0 Å². The van der Waals surface area contributed by atoms with Gasteiger partial charge in [0.25, 0.3) is 0 Å². The minimum Gasteiger partial charge on any atom is -0.780 e. The molecule has 0 unspecified atom stereocenters. The summed E-state index contributed by atoms with van der Waals surface area (Å²) in [5.41, 5.74) is 2.64. The summed E-state index contributed by atoms with van der Waals surface area (Å²) in [4.78, 5) is 2.37. The number of para-hydroxylation sites is 1. The molecule has 0 bridgehead atoms. The first-order chi connectivity index (χ1) is 9.90. The maximum absolute atomic E-state index is 8.89. The van der Waals surface area contributed by atoms with Crippen molar-refractivity contribution < 1.29 is 72.4 Å². The van der Waals surface area contributed by atoms with Crippen molar-refractivity contribution in [3.8, 4) is 0 Å². The minimum atomic E-state index is -4.33. The third-order valence-electron chi connectivity index (χ3n) is 2.72. The Labute approximate surface area is 187 Å². The molecule has 2 aromatic rings. The van der Waals surface area contributed by atoms with Crippen LogP contribution in [0.5, 0.6) is 0 Å². The maximum atomic E-state index is 8.89. The average molecular weight is 369 g/mol. The van der Waals surface area contributed by atoms with E-state index in [9.17, 15) is 0 Å². The van der Waals surface area contributed by atoms with Crippen molar-refractivity contribution in [1.82, 2.24) is 0 Å². The van der Waals surface area contributed by atoms with Crippen molar-refractivity contribution in [2.45, 2.75) is 13.5 Å². The van der Waals surface area contributed by atoms with E-state index < -0.39 is 9.05 Å². The fourth-order valence-corrected chi connectivity index (χ4v) is 1.83. The molecule has 114 valence electrons. The average Bonchev–Trinajstić information content (AvgIpc) is 2.45. The zero-order valence-electron chi connectivity index (χ0n) is 13.7. The Bertz CT molecular complexity index is 618. The van der Waals surface area contributed by atoms with Gasteiger partial charge in [0.05, 0.1) is 0 Å². The first-order valence-electron chi connectivity index (χ1n) is 6.40. The molecule has 0 heterocycles. The second-order valence-electron chi connectivity index (χ2n) is 4.24. The first-order valence-corrected chi connectivity index (χ1v) is 8.74. The Balaban J connectivity index is 0. The molecule has 0 saturated heterocycles. The van der Waals surface area contributed by atoms with Crippen molar-refractivity contribution in [3.05, 3.63) is 66.2 Å². The summed E-state index contributed by atoms with van der Waals surface area (Å²) in [6.07, 6.45) is 0. The van der Waals surface area contributed by atoms with Crippen molar-refractivity contribution in [1.29, 1.82) is 0 Å². The number of anilines is 1. The normalized spacial score (nSPS) is 9.52. The van der Waals surface area contributed by atoms with Crippen LogP contribution >= 0.6 is 0 Å². The van der Waals surface area contributed by atoms with Crippen LogP contribution in [0.1, 0.15) is 12.5 Å². The minimum absolute atomic E-state index is 0. The van der Waals surface area contributed by atoms with Crippen LogP contribution in [0.25, 0.3) is 0 Å². The molecule has 2 rings (SSSR count). The van der Waals surface area contributed by atoms with Crippen LogP contribution < -0.4 is 64.0 Å². The fraction of sp³-hybridized carbons (Fsp3) is 0.200. The number of hydrogen-bond acceptors (Lipinski definition) is 5. The quantitative estimate of drug-likeness (QED) is 0.529. The predicted octanol–water partition coefficient (Wildman–Crippen LogP) is -3.29.